The van der Waals surface area contributed by atoms with Gasteiger partial charge in [0, 0.05) is 53.1 Å². The van der Waals surface area contributed by atoms with E-state index < -0.39 is 99.1 Å². The zero-order chi connectivity index (χ0) is 64.5. The quantitative estimate of drug-likeness (QED) is 0.162. The van der Waals surface area contributed by atoms with E-state index in [-0.39, 0.29) is 34.9 Å². The Hall–Kier alpha value is -6.04. The maximum atomic E-state index is 13.1. The summed E-state index contributed by atoms with van der Waals surface area (Å²) in [6, 6.07) is 34.2. The van der Waals surface area contributed by atoms with Crippen LogP contribution in [-0.4, -0.2) is 27.7 Å². The van der Waals surface area contributed by atoms with Crippen LogP contribution in [0.5, 0.6) is 5.75 Å². The van der Waals surface area contributed by atoms with Gasteiger partial charge in [-0.2, -0.15) is 0 Å². The number of aromatic hydroxyl groups is 1. The highest BCUT2D eigenvalue weighted by molar-refractivity contribution is 6.88. The van der Waals surface area contributed by atoms with Gasteiger partial charge in [0.25, 0.3) is 0 Å². The number of phenolic OH excluding ortho intramolecular Hbond substituents is 1. The van der Waals surface area contributed by atoms with Gasteiger partial charge < -0.3 is 5.11 Å². The standard InChI is InChI=1S/C61H69N3OSi/c1-58(2,3)44-26-29-53(49(36-44)40-20-17-16-18-21-40)64-54-23-19-22-48(55(54)63-57(64)50-37-46(60(7,8)9)38-51(56(50)65)61(10,11)12)42-32-43(34-45(33-42)59(4,5)6)52-35-41(30-31-62-52)39-24-27-47(28-25-39)66(13,14)15/h16-38,65H,1-15H3/i7D3,8D3,9D3,10D3,11D3,12D3,30D,35D. The lowest BCUT2D eigenvalue weighted by Crippen LogP contribution is -2.37. The Morgan fingerprint density at radius 2 is 1.21 bits per heavy atom. The normalized spacial score (nSPS) is 18.4. The van der Waals surface area contributed by atoms with Crippen LogP contribution in [0.3, 0.4) is 0 Å². The summed E-state index contributed by atoms with van der Waals surface area (Å²) in [5, 5.41) is 14.3. The van der Waals surface area contributed by atoms with Gasteiger partial charge in [0.1, 0.15) is 11.6 Å². The molecule has 8 rings (SSSR count). The molecule has 0 aliphatic heterocycles. The van der Waals surface area contributed by atoms with E-state index in [1.165, 1.54) is 16.0 Å². The number of hydrogen-bond acceptors (Lipinski definition) is 3. The molecule has 66 heavy (non-hydrogen) atoms. The molecule has 0 unspecified atom stereocenters. The Balaban J connectivity index is 1.61. The van der Waals surface area contributed by atoms with Crippen molar-refractivity contribution < 1.29 is 32.5 Å². The van der Waals surface area contributed by atoms with Crippen molar-refractivity contribution in [2.75, 3.05) is 0 Å². The zero-order valence-electron chi connectivity index (χ0n) is 58.9. The van der Waals surface area contributed by atoms with Crippen LogP contribution < -0.4 is 5.19 Å². The van der Waals surface area contributed by atoms with Gasteiger partial charge in [0.05, 0.1) is 38.8 Å². The number of pyridine rings is 1. The molecule has 5 heteroatoms. The second-order valence-corrected chi connectivity index (χ2v) is 25.4. The molecule has 2 aromatic heterocycles. The van der Waals surface area contributed by atoms with Gasteiger partial charge in [0.15, 0.2) is 0 Å². The summed E-state index contributed by atoms with van der Waals surface area (Å²) in [4.78, 5) is 9.89. The van der Waals surface area contributed by atoms with Gasteiger partial charge in [-0.1, -0.05) is 192 Å². The zero-order valence-corrected chi connectivity index (χ0v) is 39.9. The molecular formula is C61H69N3OSi. The number of phenols is 1. The van der Waals surface area contributed by atoms with Crippen molar-refractivity contribution in [1.82, 2.24) is 14.5 Å². The summed E-state index contributed by atoms with van der Waals surface area (Å²) in [7, 11) is -1.71. The minimum atomic E-state index is -4.17. The average molecular weight is 908 g/mol. The SMILES string of the molecule is [2H]c1cnc(-c2cc(-c3cccc4c3nc(-c3cc(C(C([2H])([2H])[2H])(C([2H])([2H])[2H])C([2H])([2H])[2H])cc(C(C([2H])([2H])[2H])(C([2H])([2H])[2H])C([2H])([2H])[2H])c3O)n4-c3ccc(C(C)(C)C)cc3-c3ccccc3)cc(C(C)(C)C)c2)c([2H])c1-c1ccc([Si](C)(C)C)cc1. The van der Waals surface area contributed by atoms with E-state index in [4.69, 9.17) is 31.0 Å². The lowest BCUT2D eigenvalue weighted by molar-refractivity contribution is 0.446. The van der Waals surface area contributed by atoms with Crippen molar-refractivity contribution in [2.24, 2.45) is 0 Å². The minimum absolute atomic E-state index is 0.0113. The highest BCUT2D eigenvalue weighted by atomic mass is 28.3. The number of hydrogen-bond donors (Lipinski definition) is 1. The van der Waals surface area contributed by atoms with E-state index in [1.807, 2.05) is 102 Å². The molecule has 1 N–H and O–H groups in total. The molecule has 0 amide bonds. The van der Waals surface area contributed by atoms with E-state index in [1.54, 1.807) is 48.5 Å². The number of benzene rings is 6. The largest absolute Gasteiger partial charge is 0.507 e. The summed E-state index contributed by atoms with van der Waals surface area (Å²) in [5.41, 5.74) is -6.74. The van der Waals surface area contributed by atoms with Gasteiger partial charge in [-0.15, -0.1) is 0 Å². The smallest absolute Gasteiger partial charge is 0.149 e. The molecule has 6 aromatic carbocycles. The van der Waals surface area contributed by atoms with Gasteiger partial charge >= 0.3 is 0 Å². The summed E-state index contributed by atoms with van der Waals surface area (Å²) in [6.45, 7) is -6.02. The maximum Gasteiger partial charge on any atom is 0.149 e. The fraction of sp³-hybridized carbons (Fsp3) is 0.311. The molecule has 338 valence electrons. The number of nitrogens with zero attached hydrogens (tertiary/aromatic N) is 3. The molecule has 2 heterocycles. The van der Waals surface area contributed by atoms with Crippen molar-refractivity contribution >= 4 is 24.3 Å². The van der Waals surface area contributed by atoms with Crippen LogP contribution in [0.15, 0.2) is 140 Å². The molecule has 0 atom stereocenters. The third-order valence-electron chi connectivity index (χ3n) is 12.1. The molecule has 0 saturated carbocycles. The first-order valence-corrected chi connectivity index (χ1v) is 25.5. The molecule has 0 saturated heterocycles. The molecule has 4 nitrogen and oxygen atoms in total. The van der Waals surface area contributed by atoms with E-state index in [2.05, 4.69) is 24.6 Å². The number of rotatable bonds is 7. The Labute approximate surface area is 424 Å². The first-order valence-electron chi connectivity index (χ1n) is 32.0. The first-order chi connectivity index (χ1) is 39.1. The van der Waals surface area contributed by atoms with Crippen LogP contribution in [0.1, 0.15) is 132 Å². The van der Waals surface area contributed by atoms with Crippen LogP contribution in [0.25, 0.3) is 72.7 Å². The maximum absolute atomic E-state index is 13.1. The molecule has 0 aliphatic rings. The van der Waals surface area contributed by atoms with Crippen molar-refractivity contribution in [3.63, 3.8) is 0 Å². The molecule has 0 aliphatic carbocycles. The summed E-state index contributed by atoms with van der Waals surface area (Å²) in [5.74, 6) is -1.83. The number of imidazole rings is 1. The van der Waals surface area contributed by atoms with Crippen LogP contribution in [-0.2, 0) is 21.7 Å². The molecule has 0 spiro atoms. The van der Waals surface area contributed by atoms with E-state index >= 15 is 0 Å². The Bertz CT molecular complexity index is 3820. The molecular weight excluding hydrogens is 819 g/mol. The second kappa shape index (κ2) is 16.7. The van der Waals surface area contributed by atoms with Crippen molar-refractivity contribution in [2.45, 2.75) is 124 Å². The number of para-hydroxylation sites is 1. The van der Waals surface area contributed by atoms with Crippen molar-refractivity contribution in [3.8, 4) is 67.5 Å². The highest BCUT2D eigenvalue weighted by Gasteiger charge is 2.30. The summed E-state index contributed by atoms with van der Waals surface area (Å²) >= 11 is 0. The molecule has 8 aromatic rings. The number of fused-ring (bicyclic) bond motifs is 1. The Morgan fingerprint density at radius 1 is 0.561 bits per heavy atom. The molecule has 0 bridgehead atoms. The predicted octanol–water partition coefficient (Wildman–Crippen LogP) is 16.2. The van der Waals surface area contributed by atoms with Crippen LogP contribution >= 0.6 is 0 Å². The average Bonchev–Trinajstić information content (AvgIpc) is 0.796. The van der Waals surface area contributed by atoms with Gasteiger partial charge in [-0.05, 0) is 109 Å². The van der Waals surface area contributed by atoms with Gasteiger partial charge in [-0.25, -0.2) is 4.98 Å². The minimum Gasteiger partial charge on any atom is -0.507 e. The van der Waals surface area contributed by atoms with Gasteiger partial charge in [0.2, 0.25) is 0 Å². The summed E-state index contributed by atoms with van der Waals surface area (Å²) in [6.07, 6.45) is 1.40. The third-order valence-corrected chi connectivity index (χ3v) is 14.2. The summed E-state index contributed by atoms with van der Waals surface area (Å²) < 4.78 is 179. The number of aromatic nitrogens is 3. The van der Waals surface area contributed by atoms with Gasteiger partial charge in [-0.3, -0.25) is 9.55 Å². The third kappa shape index (κ3) is 9.20. The fourth-order valence-corrected chi connectivity index (χ4v) is 9.42. The molecule has 0 fully saturated rings. The van der Waals surface area contributed by atoms with Crippen molar-refractivity contribution in [1.29, 1.82) is 0 Å². The Morgan fingerprint density at radius 3 is 1.86 bits per heavy atom. The highest BCUT2D eigenvalue weighted by Crippen LogP contribution is 2.46. The van der Waals surface area contributed by atoms with E-state index in [9.17, 15) is 6.48 Å². The topological polar surface area (TPSA) is 50.9 Å². The fourth-order valence-electron chi connectivity index (χ4n) is 8.25. The van der Waals surface area contributed by atoms with Crippen LogP contribution in [0.4, 0.5) is 0 Å². The second-order valence-electron chi connectivity index (χ2n) is 20.3. The van der Waals surface area contributed by atoms with Crippen LogP contribution in [0.2, 0.25) is 19.6 Å². The van der Waals surface area contributed by atoms with Crippen molar-refractivity contribution in [3.05, 3.63) is 162 Å². The monoisotopic (exact) mass is 908 g/mol. The lowest BCUT2D eigenvalue weighted by Gasteiger charge is -2.28. The van der Waals surface area contributed by atoms with E-state index in [0.717, 1.165) is 11.1 Å². The first kappa shape index (κ1) is 27.6. The lowest BCUT2D eigenvalue weighted by atomic mass is 9.79. The predicted molar refractivity (Wildman–Crippen MR) is 285 cm³/mol. The molecule has 0 radical (unpaired) electrons. The Kier molecular flexibility index (Phi) is 6.97. The van der Waals surface area contributed by atoms with Crippen LogP contribution in [0, 0.1) is 0 Å². The van der Waals surface area contributed by atoms with E-state index in [0.29, 0.717) is 50.7 Å².